The fourth-order valence-corrected chi connectivity index (χ4v) is 0.892. The first-order valence-electron chi connectivity index (χ1n) is 3.77. The lowest BCUT2D eigenvalue weighted by Gasteiger charge is -2.08. The van der Waals surface area contributed by atoms with Crippen molar-refractivity contribution in [2.24, 2.45) is 5.73 Å². The number of nitro groups is 1. The van der Waals surface area contributed by atoms with Gasteiger partial charge < -0.3 is 16.8 Å². The minimum atomic E-state index is -0.601. The molecular formula is C7H10N5O2. The van der Waals surface area contributed by atoms with Crippen LogP contribution in [0.15, 0.2) is 12.1 Å². The van der Waals surface area contributed by atoms with Crippen LogP contribution in [0.2, 0.25) is 0 Å². The Kier molecular flexibility index (Phi) is 2.82. The van der Waals surface area contributed by atoms with Crippen LogP contribution in [0.1, 0.15) is 0 Å². The molecule has 1 unspecified atom stereocenters. The predicted octanol–water partition coefficient (Wildman–Crippen LogP) is 0.103. The molecule has 0 aromatic carbocycles. The van der Waals surface area contributed by atoms with E-state index in [0.29, 0.717) is 5.82 Å². The highest BCUT2D eigenvalue weighted by Crippen LogP contribution is 2.20. The molecule has 0 saturated heterocycles. The molecule has 14 heavy (non-hydrogen) atoms. The molecular weight excluding hydrogens is 186 g/mol. The van der Waals surface area contributed by atoms with E-state index in [1.165, 1.54) is 12.1 Å². The largest absolute Gasteiger partial charge is 0.378 e. The average Bonchev–Trinajstić information content (AvgIpc) is 2.01. The van der Waals surface area contributed by atoms with E-state index in [4.69, 9.17) is 11.5 Å². The molecule has 0 saturated carbocycles. The predicted molar refractivity (Wildman–Crippen MR) is 52.3 cm³/mol. The Morgan fingerprint density at radius 2 is 2.29 bits per heavy atom. The Bertz CT molecular complexity index is 352. The first-order chi connectivity index (χ1) is 6.50. The van der Waals surface area contributed by atoms with Crippen LogP contribution in [-0.4, -0.2) is 16.1 Å². The Hall–Kier alpha value is -1.89. The lowest BCUT2D eigenvalue weighted by atomic mass is 10.3. The zero-order chi connectivity index (χ0) is 10.7. The van der Waals surface area contributed by atoms with E-state index in [9.17, 15) is 10.1 Å². The van der Waals surface area contributed by atoms with Crippen molar-refractivity contribution in [3.05, 3.63) is 29.2 Å². The third-order valence-corrected chi connectivity index (χ3v) is 1.43. The Balaban J connectivity index is 2.94. The van der Waals surface area contributed by atoms with Crippen molar-refractivity contribution in [2.45, 2.75) is 6.17 Å². The van der Waals surface area contributed by atoms with Gasteiger partial charge in [-0.1, -0.05) is 0 Å². The van der Waals surface area contributed by atoms with Crippen LogP contribution in [0.4, 0.5) is 17.3 Å². The lowest BCUT2D eigenvalue weighted by Crippen LogP contribution is -2.26. The number of rotatable bonds is 3. The second-order valence-corrected chi connectivity index (χ2v) is 2.61. The first kappa shape index (κ1) is 10.2. The van der Waals surface area contributed by atoms with Crippen LogP contribution < -0.4 is 16.8 Å². The SMILES string of the molecule is [CH2]C(N)Nc1ccc([N+](=O)[O-])c(N)n1. The van der Waals surface area contributed by atoms with E-state index in [0.717, 1.165) is 0 Å². The molecule has 1 atom stereocenters. The van der Waals surface area contributed by atoms with Gasteiger partial charge in [-0.25, -0.2) is 4.98 Å². The molecule has 1 heterocycles. The number of anilines is 2. The molecule has 0 amide bonds. The number of hydrogen-bond donors (Lipinski definition) is 3. The zero-order valence-corrected chi connectivity index (χ0v) is 7.30. The summed E-state index contributed by atoms with van der Waals surface area (Å²) in [5.41, 5.74) is 10.5. The minimum Gasteiger partial charge on any atom is -0.378 e. The zero-order valence-electron chi connectivity index (χ0n) is 7.30. The van der Waals surface area contributed by atoms with E-state index in [2.05, 4.69) is 17.2 Å². The Morgan fingerprint density at radius 3 is 2.71 bits per heavy atom. The van der Waals surface area contributed by atoms with E-state index in [1.807, 2.05) is 0 Å². The van der Waals surface area contributed by atoms with Crippen LogP contribution in [0.25, 0.3) is 0 Å². The molecule has 0 aliphatic rings. The summed E-state index contributed by atoms with van der Waals surface area (Å²) in [6.07, 6.45) is -0.539. The summed E-state index contributed by atoms with van der Waals surface area (Å²) in [5.74, 6) is 0.205. The number of aromatic nitrogens is 1. The second-order valence-electron chi connectivity index (χ2n) is 2.61. The van der Waals surface area contributed by atoms with Crippen LogP contribution in [0, 0.1) is 17.0 Å². The topological polar surface area (TPSA) is 120 Å². The third-order valence-electron chi connectivity index (χ3n) is 1.43. The Morgan fingerprint density at radius 1 is 1.64 bits per heavy atom. The second kappa shape index (κ2) is 3.88. The molecule has 0 fully saturated rings. The molecule has 1 aromatic heterocycles. The lowest BCUT2D eigenvalue weighted by molar-refractivity contribution is -0.384. The summed E-state index contributed by atoms with van der Waals surface area (Å²) in [5, 5.41) is 13.0. The molecule has 5 N–H and O–H groups in total. The van der Waals surface area contributed by atoms with Crippen molar-refractivity contribution in [3.63, 3.8) is 0 Å². The maximum atomic E-state index is 10.4. The normalized spacial score (nSPS) is 12.1. The van der Waals surface area contributed by atoms with Crippen molar-refractivity contribution >= 4 is 17.3 Å². The molecule has 1 radical (unpaired) electrons. The molecule has 0 aliphatic heterocycles. The summed E-state index contributed by atoms with van der Waals surface area (Å²) >= 11 is 0. The van der Waals surface area contributed by atoms with Gasteiger partial charge in [0.15, 0.2) is 0 Å². The van der Waals surface area contributed by atoms with Gasteiger partial charge in [-0.2, -0.15) is 0 Å². The number of pyridine rings is 1. The minimum absolute atomic E-state index is 0.152. The van der Waals surface area contributed by atoms with Crippen molar-refractivity contribution < 1.29 is 4.92 Å². The van der Waals surface area contributed by atoms with Gasteiger partial charge in [-0.3, -0.25) is 10.1 Å². The van der Waals surface area contributed by atoms with Gasteiger partial charge in [0.05, 0.1) is 11.1 Å². The van der Waals surface area contributed by atoms with Crippen LogP contribution in [0.5, 0.6) is 0 Å². The van der Waals surface area contributed by atoms with Gasteiger partial charge in [0.2, 0.25) is 5.82 Å². The van der Waals surface area contributed by atoms with Crippen molar-refractivity contribution in [2.75, 3.05) is 11.1 Å². The molecule has 7 heteroatoms. The summed E-state index contributed by atoms with van der Waals surface area (Å²) in [6, 6.07) is 2.67. The van der Waals surface area contributed by atoms with E-state index in [-0.39, 0.29) is 11.5 Å². The summed E-state index contributed by atoms with van der Waals surface area (Å²) < 4.78 is 0. The highest BCUT2D eigenvalue weighted by Gasteiger charge is 2.12. The number of nitrogens with one attached hydrogen (secondary N) is 1. The van der Waals surface area contributed by atoms with Gasteiger partial charge >= 0.3 is 5.69 Å². The van der Waals surface area contributed by atoms with E-state index in [1.54, 1.807) is 0 Å². The van der Waals surface area contributed by atoms with Gasteiger partial charge in [0.25, 0.3) is 0 Å². The number of nitrogens with two attached hydrogens (primary N) is 2. The molecule has 0 bridgehead atoms. The molecule has 7 nitrogen and oxygen atoms in total. The van der Waals surface area contributed by atoms with Crippen molar-refractivity contribution in [1.29, 1.82) is 0 Å². The van der Waals surface area contributed by atoms with E-state index < -0.39 is 11.1 Å². The van der Waals surface area contributed by atoms with Crippen LogP contribution >= 0.6 is 0 Å². The van der Waals surface area contributed by atoms with E-state index >= 15 is 0 Å². The number of hydrogen-bond acceptors (Lipinski definition) is 6. The van der Waals surface area contributed by atoms with Gasteiger partial charge in [0, 0.05) is 6.07 Å². The van der Waals surface area contributed by atoms with Crippen LogP contribution in [-0.2, 0) is 0 Å². The quantitative estimate of drug-likeness (QED) is 0.358. The molecule has 1 rings (SSSR count). The summed E-state index contributed by atoms with van der Waals surface area (Å²) in [4.78, 5) is 13.5. The molecule has 1 aromatic rings. The fourth-order valence-electron chi connectivity index (χ4n) is 0.892. The van der Waals surface area contributed by atoms with Gasteiger partial charge in [0.1, 0.15) is 5.82 Å². The summed E-state index contributed by atoms with van der Waals surface area (Å²) in [7, 11) is 0. The van der Waals surface area contributed by atoms with Gasteiger partial charge in [-0.15, -0.1) is 0 Å². The third kappa shape index (κ3) is 2.30. The van der Waals surface area contributed by atoms with Crippen molar-refractivity contribution in [3.8, 4) is 0 Å². The summed E-state index contributed by atoms with van der Waals surface area (Å²) in [6.45, 7) is 3.47. The smallest absolute Gasteiger partial charge is 0.311 e. The highest BCUT2D eigenvalue weighted by atomic mass is 16.6. The van der Waals surface area contributed by atoms with Crippen LogP contribution in [0.3, 0.4) is 0 Å². The fraction of sp³-hybridized carbons (Fsp3) is 0.143. The monoisotopic (exact) mass is 196 g/mol. The number of nitrogen functional groups attached to an aromatic ring is 1. The molecule has 0 aliphatic carbocycles. The maximum absolute atomic E-state index is 10.4. The maximum Gasteiger partial charge on any atom is 0.311 e. The average molecular weight is 196 g/mol. The molecule has 75 valence electrons. The first-order valence-corrected chi connectivity index (χ1v) is 3.77. The Labute approximate surface area is 80.3 Å². The highest BCUT2D eigenvalue weighted by molar-refractivity contribution is 5.57. The van der Waals surface area contributed by atoms with Crippen molar-refractivity contribution in [1.82, 2.24) is 4.98 Å². The standard InChI is InChI=1S/C7H10N5O2/c1-4(8)10-6-3-2-5(12(13)14)7(9)11-6/h2-4H,1,8H2,(H3,9,10,11). The number of nitrogens with zero attached hydrogens (tertiary/aromatic N) is 2. The molecule has 0 spiro atoms. The van der Waals surface area contributed by atoms with Gasteiger partial charge in [-0.05, 0) is 13.0 Å².